The average molecular weight is 280 g/mol. The van der Waals surface area contributed by atoms with E-state index in [1.54, 1.807) is 18.7 Å². The van der Waals surface area contributed by atoms with Gasteiger partial charge in [-0.3, -0.25) is 4.79 Å². The SMILES string of the molecule is CC(O)CNCCNC(=O)C1CSc2ccccc21. The topological polar surface area (TPSA) is 61.4 Å². The van der Waals surface area contributed by atoms with E-state index >= 15 is 0 Å². The Morgan fingerprint density at radius 1 is 1.47 bits per heavy atom. The lowest BCUT2D eigenvalue weighted by Crippen LogP contribution is -2.36. The molecule has 1 aliphatic rings. The van der Waals surface area contributed by atoms with Gasteiger partial charge >= 0.3 is 0 Å². The minimum Gasteiger partial charge on any atom is -0.392 e. The molecule has 0 saturated heterocycles. The molecule has 0 saturated carbocycles. The first kappa shape index (κ1) is 14.4. The first-order chi connectivity index (χ1) is 9.18. The fourth-order valence-corrected chi connectivity index (χ4v) is 3.32. The van der Waals surface area contributed by atoms with Gasteiger partial charge in [-0.2, -0.15) is 0 Å². The summed E-state index contributed by atoms with van der Waals surface area (Å²) in [7, 11) is 0. The van der Waals surface area contributed by atoms with E-state index in [0.717, 1.165) is 11.3 Å². The molecule has 1 aliphatic heterocycles. The molecule has 0 aliphatic carbocycles. The van der Waals surface area contributed by atoms with Crippen LogP contribution in [0.5, 0.6) is 0 Å². The Balaban J connectivity index is 1.76. The molecule has 2 atom stereocenters. The summed E-state index contributed by atoms with van der Waals surface area (Å²) in [4.78, 5) is 13.3. The van der Waals surface area contributed by atoms with E-state index in [1.807, 2.05) is 18.2 Å². The molecule has 2 unspecified atom stereocenters. The third kappa shape index (κ3) is 3.96. The lowest BCUT2D eigenvalue weighted by atomic mass is 10.0. The standard InChI is InChI=1S/C14H20N2O2S/c1-10(17)8-15-6-7-16-14(18)12-9-19-13-5-3-2-4-11(12)13/h2-5,10,12,15,17H,6-9H2,1H3,(H,16,18). The number of rotatable bonds is 6. The molecule has 1 heterocycles. The summed E-state index contributed by atoms with van der Waals surface area (Å²) in [5.74, 6) is 0.890. The zero-order chi connectivity index (χ0) is 13.7. The van der Waals surface area contributed by atoms with Gasteiger partial charge < -0.3 is 15.7 Å². The van der Waals surface area contributed by atoms with Gasteiger partial charge in [0.15, 0.2) is 0 Å². The first-order valence-electron chi connectivity index (χ1n) is 6.56. The molecular weight excluding hydrogens is 260 g/mol. The summed E-state index contributed by atoms with van der Waals surface area (Å²) >= 11 is 1.74. The number of benzene rings is 1. The number of hydrogen-bond acceptors (Lipinski definition) is 4. The maximum Gasteiger partial charge on any atom is 0.228 e. The lowest BCUT2D eigenvalue weighted by molar-refractivity contribution is -0.122. The maximum absolute atomic E-state index is 12.1. The summed E-state index contributed by atoms with van der Waals surface area (Å²) < 4.78 is 0. The van der Waals surface area contributed by atoms with Gasteiger partial charge in [-0.05, 0) is 18.6 Å². The van der Waals surface area contributed by atoms with E-state index in [2.05, 4.69) is 16.7 Å². The van der Waals surface area contributed by atoms with Gasteiger partial charge in [0.2, 0.25) is 5.91 Å². The molecule has 1 aromatic carbocycles. The minimum atomic E-state index is -0.353. The van der Waals surface area contributed by atoms with E-state index in [1.165, 1.54) is 4.90 Å². The zero-order valence-electron chi connectivity index (χ0n) is 11.1. The molecule has 19 heavy (non-hydrogen) atoms. The van der Waals surface area contributed by atoms with Gasteiger partial charge in [0.1, 0.15) is 0 Å². The number of aliphatic hydroxyl groups excluding tert-OH is 1. The fraction of sp³-hybridized carbons (Fsp3) is 0.500. The van der Waals surface area contributed by atoms with Gasteiger partial charge in [0.05, 0.1) is 12.0 Å². The van der Waals surface area contributed by atoms with Crippen LogP contribution in [0.15, 0.2) is 29.2 Å². The molecule has 0 radical (unpaired) electrons. The number of carbonyl (C=O) groups is 1. The van der Waals surface area contributed by atoms with E-state index in [0.29, 0.717) is 19.6 Å². The second kappa shape index (κ2) is 6.93. The highest BCUT2D eigenvalue weighted by molar-refractivity contribution is 7.99. The largest absolute Gasteiger partial charge is 0.392 e. The molecule has 3 N–H and O–H groups in total. The van der Waals surface area contributed by atoms with Crippen LogP contribution in [0.2, 0.25) is 0 Å². The van der Waals surface area contributed by atoms with E-state index in [-0.39, 0.29) is 17.9 Å². The van der Waals surface area contributed by atoms with Crippen LogP contribution in [-0.4, -0.2) is 42.5 Å². The monoisotopic (exact) mass is 280 g/mol. The molecule has 0 bridgehead atoms. The molecule has 1 amide bonds. The van der Waals surface area contributed by atoms with Crippen molar-refractivity contribution in [2.24, 2.45) is 0 Å². The van der Waals surface area contributed by atoms with Gasteiger partial charge in [-0.15, -0.1) is 11.8 Å². The van der Waals surface area contributed by atoms with Crippen LogP contribution in [-0.2, 0) is 4.79 Å². The van der Waals surface area contributed by atoms with Gasteiger partial charge in [-0.25, -0.2) is 0 Å². The number of hydrogen-bond donors (Lipinski definition) is 3. The lowest BCUT2D eigenvalue weighted by Gasteiger charge is -2.12. The first-order valence-corrected chi connectivity index (χ1v) is 7.55. The molecule has 0 aromatic heterocycles. The number of nitrogens with one attached hydrogen (secondary N) is 2. The van der Waals surface area contributed by atoms with Crippen molar-refractivity contribution < 1.29 is 9.90 Å². The highest BCUT2D eigenvalue weighted by Gasteiger charge is 2.28. The predicted octanol–water partition coefficient (Wildman–Crippen LogP) is 0.962. The van der Waals surface area contributed by atoms with Crippen LogP contribution in [0.25, 0.3) is 0 Å². The number of fused-ring (bicyclic) bond motifs is 1. The molecule has 5 heteroatoms. The molecule has 4 nitrogen and oxygen atoms in total. The highest BCUT2D eigenvalue weighted by atomic mass is 32.2. The molecule has 1 aromatic rings. The quantitative estimate of drug-likeness (QED) is 0.679. The third-order valence-corrected chi connectivity index (χ3v) is 4.24. The predicted molar refractivity (Wildman–Crippen MR) is 77.5 cm³/mol. The Morgan fingerprint density at radius 2 is 2.26 bits per heavy atom. The highest BCUT2D eigenvalue weighted by Crippen LogP contribution is 2.39. The van der Waals surface area contributed by atoms with Crippen LogP contribution in [0.4, 0.5) is 0 Å². The van der Waals surface area contributed by atoms with Crippen molar-refractivity contribution in [3.8, 4) is 0 Å². The Kier molecular flexibility index (Phi) is 5.24. The van der Waals surface area contributed by atoms with Crippen molar-refractivity contribution in [2.75, 3.05) is 25.4 Å². The van der Waals surface area contributed by atoms with Gasteiger partial charge in [-0.1, -0.05) is 18.2 Å². The Morgan fingerprint density at radius 3 is 3.05 bits per heavy atom. The molecule has 0 fully saturated rings. The maximum atomic E-state index is 12.1. The summed E-state index contributed by atoms with van der Waals surface area (Å²) in [5, 5.41) is 15.1. The van der Waals surface area contributed by atoms with Crippen molar-refractivity contribution in [3.05, 3.63) is 29.8 Å². The number of amides is 1. The van der Waals surface area contributed by atoms with Crippen LogP contribution in [0, 0.1) is 0 Å². The van der Waals surface area contributed by atoms with Gasteiger partial charge in [0.25, 0.3) is 0 Å². The molecule has 0 spiro atoms. The second-order valence-electron chi connectivity index (χ2n) is 4.75. The Labute approximate surface area is 118 Å². The van der Waals surface area contributed by atoms with E-state index < -0.39 is 0 Å². The average Bonchev–Trinajstić information content (AvgIpc) is 2.81. The van der Waals surface area contributed by atoms with Crippen LogP contribution in [0.1, 0.15) is 18.4 Å². The van der Waals surface area contributed by atoms with Crippen LogP contribution in [0.3, 0.4) is 0 Å². The van der Waals surface area contributed by atoms with E-state index in [4.69, 9.17) is 5.11 Å². The number of carbonyl (C=O) groups excluding carboxylic acids is 1. The smallest absolute Gasteiger partial charge is 0.228 e. The Bertz CT molecular complexity index is 437. The Hall–Kier alpha value is -1.04. The van der Waals surface area contributed by atoms with Crippen molar-refractivity contribution in [3.63, 3.8) is 0 Å². The van der Waals surface area contributed by atoms with Crippen molar-refractivity contribution in [1.82, 2.24) is 10.6 Å². The van der Waals surface area contributed by atoms with Crippen LogP contribution >= 0.6 is 11.8 Å². The van der Waals surface area contributed by atoms with Crippen molar-refractivity contribution >= 4 is 17.7 Å². The summed E-state index contributed by atoms with van der Waals surface area (Å²) in [5.41, 5.74) is 1.14. The van der Waals surface area contributed by atoms with Crippen molar-refractivity contribution in [2.45, 2.75) is 23.8 Å². The van der Waals surface area contributed by atoms with Gasteiger partial charge in [0, 0.05) is 30.3 Å². The molecule has 104 valence electrons. The summed E-state index contributed by atoms with van der Waals surface area (Å²) in [6.07, 6.45) is -0.353. The molecule has 2 rings (SSSR count). The second-order valence-corrected chi connectivity index (χ2v) is 5.81. The fourth-order valence-electron chi connectivity index (χ4n) is 2.09. The zero-order valence-corrected chi connectivity index (χ0v) is 11.9. The third-order valence-electron chi connectivity index (χ3n) is 3.06. The normalized spacial score (nSPS) is 18.9. The summed E-state index contributed by atoms with van der Waals surface area (Å²) in [6, 6.07) is 8.09. The van der Waals surface area contributed by atoms with Crippen LogP contribution < -0.4 is 10.6 Å². The van der Waals surface area contributed by atoms with E-state index in [9.17, 15) is 4.79 Å². The molecular formula is C14H20N2O2S. The van der Waals surface area contributed by atoms with Crippen molar-refractivity contribution in [1.29, 1.82) is 0 Å². The minimum absolute atomic E-state index is 0.0297. The number of aliphatic hydroxyl groups is 1. The number of thioether (sulfide) groups is 1. The summed E-state index contributed by atoms with van der Waals surface area (Å²) in [6.45, 7) is 3.56.